The third-order valence-corrected chi connectivity index (χ3v) is 8.27. The smallest absolute Gasteiger partial charge is 0.317 e. The number of hydrogen-bond acceptors (Lipinski definition) is 11. The summed E-state index contributed by atoms with van der Waals surface area (Å²) in [4.78, 5) is 28.4. The zero-order valence-corrected chi connectivity index (χ0v) is 30.2. The molecule has 0 radical (unpaired) electrons. The molecular formula is C34H60N6O9. The van der Waals surface area contributed by atoms with E-state index in [9.17, 15) is 9.59 Å². The molecule has 49 heavy (non-hydrogen) atoms. The molecule has 0 spiro atoms. The fourth-order valence-electron chi connectivity index (χ4n) is 5.37. The lowest BCUT2D eigenvalue weighted by Gasteiger charge is -2.25. The van der Waals surface area contributed by atoms with E-state index in [1.54, 1.807) is 9.58 Å². The van der Waals surface area contributed by atoms with E-state index in [2.05, 4.69) is 49.9 Å². The monoisotopic (exact) mass is 696 g/mol. The highest BCUT2D eigenvalue weighted by Gasteiger charge is 2.41. The molecule has 3 rings (SSSR count). The van der Waals surface area contributed by atoms with Crippen LogP contribution in [0.4, 0.5) is 4.79 Å². The van der Waals surface area contributed by atoms with Crippen LogP contribution in [-0.2, 0) is 51.0 Å². The molecule has 15 heteroatoms. The predicted octanol–water partition coefficient (Wildman–Crippen LogP) is 2.35. The van der Waals surface area contributed by atoms with Crippen LogP contribution in [0.1, 0.15) is 46.2 Å². The van der Waals surface area contributed by atoms with Crippen LogP contribution in [-0.4, -0.2) is 149 Å². The summed E-state index contributed by atoms with van der Waals surface area (Å²) in [5, 5.41) is 11.2. The van der Waals surface area contributed by atoms with Crippen LogP contribution >= 0.6 is 0 Å². The minimum absolute atomic E-state index is 0.00893. The fourth-order valence-corrected chi connectivity index (χ4v) is 5.37. The van der Waals surface area contributed by atoms with Gasteiger partial charge >= 0.3 is 6.03 Å². The number of nitrogens with one attached hydrogen (secondary N) is 1. The number of nitrogens with zero attached hydrogens (tertiary/aromatic N) is 5. The molecule has 0 aliphatic carbocycles. The molecule has 1 unspecified atom stereocenters. The van der Waals surface area contributed by atoms with E-state index >= 15 is 0 Å². The van der Waals surface area contributed by atoms with Crippen molar-refractivity contribution in [1.29, 1.82) is 0 Å². The lowest BCUT2D eigenvalue weighted by atomic mass is 9.79. The van der Waals surface area contributed by atoms with Gasteiger partial charge in [0.25, 0.3) is 0 Å². The van der Waals surface area contributed by atoms with Crippen LogP contribution in [0, 0.1) is 17.3 Å². The van der Waals surface area contributed by atoms with Gasteiger partial charge in [0.05, 0.1) is 112 Å². The van der Waals surface area contributed by atoms with Crippen LogP contribution in [0.5, 0.6) is 0 Å². The molecule has 0 saturated carbocycles. The van der Waals surface area contributed by atoms with Crippen LogP contribution < -0.4 is 5.32 Å². The maximum absolute atomic E-state index is 12.8. The molecule has 1 N–H and O–H groups in total. The highest BCUT2D eigenvalue weighted by Crippen LogP contribution is 2.39. The number of likely N-dealkylation sites (tertiary alicyclic amines) is 2. The molecule has 15 nitrogen and oxygen atoms in total. The van der Waals surface area contributed by atoms with Crippen molar-refractivity contribution >= 4 is 11.9 Å². The summed E-state index contributed by atoms with van der Waals surface area (Å²) in [7, 11) is 0. The molecule has 0 bridgehead atoms. The molecule has 1 aromatic heterocycles. The second-order valence-corrected chi connectivity index (χ2v) is 13.4. The number of aromatic nitrogens is 3. The van der Waals surface area contributed by atoms with Crippen molar-refractivity contribution in [2.45, 2.75) is 53.6 Å². The summed E-state index contributed by atoms with van der Waals surface area (Å²) >= 11 is 0. The fraction of sp³-hybridized carbons (Fsp3) is 0.824. The number of ether oxygens (including phenoxy) is 7. The summed E-state index contributed by atoms with van der Waals surface area (Å²) in [6, 6.07) is -0.00893. The summed E-state index contributed by atoms with van der Waals surface area (Å²) in [5.74, 6) is 0.634. The first kappa shape index (κ1) is 40.8. The summed E-state index contributed by atoms with van der Waals surface area (Å²) < 4.78 is 40.4. The third kappa shape index (κ3) is 16.3. The summed E-state index contributed by atoms with van der Waals surface area (Å²) in [6.45, 7) is 22.4. The Hall–Kier alpha value is -2.66. The summed E-state index contributed by atoms with van der Waals surface area (Å²) in [6.07, 6.45) is 3.60. The Morgan fingerprint density at radius 1 is 0.857 bits per heavy atom. The van der Waals surface area contributed by atoms with E-state index in [1.165, 1.54) is 0 Å². The Morgan fingerprint density at radius 3 is 1.84 bits per heavy atom. The Balaban J connectivity index is 1.00. The van der Waals surface area contributed by atoms with Crippen LogP contribution in [0.3, 0.4) is 0 Å². The maximum atomic E-state index is 12.8. The molecule has 3 amide bonds. The van der Waals surface area contributed by atoms with Gasteiger partial charge in [-0.3, -0.25) is 4.79 Å². The molecule has 2 aliphatic rings. The van der Waals surface area contributed by atoms with Gasteiger partial charge in [0, 0.05) is 31.2 Å². The molecule has 280 valence electrons. The zero-order valence-electron chi connectivity index (χ0n) is 30.2. The van der Waals surface area contributed by atoms with Gasteiger partial charge in [-0.15, -0.1) is 5.10 Å². The SMILES string of the molecule is C=C1CC(C(C)(C)C)C(=O)N1Cc1cn(CCOCCOCCOCCOCCOCCOCCOCCNC(=O)N2CC[C@@H](C)C2)nn1. The number of carbonyl (C=O) groups excluding carboxylic acids is 2. The first-order valence-corrected chi connectivity index (χ1v) is 17.6. The molecule has 1 aromatic rings. The topological polar surface area (TPSA) is 148 Å². The highest BCUT2D eigenvalue weighted by molar-refractivity contribution is 5.84. The number of carbonyl (C=O) groups is 2. The minimum atomic E-state index is -0.0990. The van der Waals surface area contributed by atoms with Crippen LogP contribution in [0.25, 0.3) is 0 Å². The predicted molar refractivity (Wildman–Crippen MR) is 182 cm³/mol. The van der Waals surface area contributed by atoms with E-state index in [4.69, 9.17) is 33.2 Å². The number of allylic oxidation sites excluding steroid dienone is 1. The Labute approximate surface area is 291 Å². The van der Waals surface area contributed by atoms with E-state index < -0.39 is 0 Å². The lowest BCUT2D eigenvalue weighted by Crippen LogP contribution is -2.39. The van der Waals surface area contributed by atoms with Crippen LogP contribution in [0.15, 0.2) is 18.5 Å². The van der Waals surface area contributed by atoms with Crippen molar-refractivity contribution in [1.82, 2.24) is 30.1 Å². The van der Waals surface area contributed by atoms with E-state index in [0.717, 1.165) is 30.9 Å². The molecule has 0 aromatic carbocycles. The Kier molecular flexibility index (Phi) is 19.1. The molecule has 2 atom stereocenters. The average molecular weight is 697 g/mol. The number of urea groups is 1. The van der Waals surface area contributed by atoms with Crippen molar-refractivity contribution in [2.24, 2.45) is 17.3 Å². The van der Waals surface area contributed by atoms with Gasteiger partial charge in [-0.05, 0) is 24.2 Å². The number of rotatable bonds is 26. The van der Waals surface area contributed by atoms with Gasteiger partial charge in [-0.1, -0.05) is 39.5 Å². The van der Waals surface area contributed by atoms with E-state index in [1.807, 2.05) is 11.1 Å². The average Bonchev–Trinajstić information content (AvgIpc) is 3.78. The Bertz CT molecular complexity index is 1100. The van der Waals surface area contributed by atoms with Crippen molar-refractivity contribution in [3.8, 4) is 0 Å². The summed E-state index contributed by atoms with van der Waals surface area (Å²) in [5.41, 5.74) is 1.47. The van der Waals surface area contributed by atoms with Gasteiger partial charge in [0.15, 0.2) is 0 Å². The highest BCUT2D eigenvalue weighted by atomic mass is 16.6. The molecular weight excluding hydrogens is 636 g/mol. The first-order valence-electron chi connectivity index (χ1n) is 17.6. The largest absolute Gasteiger partial charge is 0.377 e. The van der Waals surface area contributed by atoms with Crippen molar-refractivity contribution < 1.29 is 42.7 Å². The minimum Gasteiger partial charge on any atom is -0.377 e. The van der Waals surface area contributed by atoms with Gasteiger partial charge in [0.1, 0.15) is 5.69 Å². The first-order chi connectivity index (χ1) is 23.6. The number of amides is 3. The quantitative estimate of drug-likeness (QED) is 0.142. The van der Waals surface area contributed by atoms with E-state index in [0.29, 0.717) is 124 Å². The van der Waals surface area contributed by atoms with Gasteiger partial charge in [0.2, 0.25) is 5.91 Å². The van der Waals surface area contributed by atoms with Crippen molar-refractivity contribution in [2.75, 3.05) is 112 Å². The molecule has 2 aliphatic heterocycles. The van der Waals surface area contributed by atoms with Crippen molar-refractivity contribution in [3.63, 3.8) is 0 Å². The molecule has 2 fully saturated rings. The molecule has 2 saturated heterocycles. The van der Waals surface area contributed by atoms with Crippen LogP contribution in [0.2, 0.25) is 0 Å². The third-order valence-electron chi connectivity index (χ3n) is 8.27. The standard InChI is InChI=1S/C34H60N6O9/c1-28-6-8-38(25-28)33(42)35-7-10-43-12-14-45-16-18-47-20-22-49-23-21-48-19-17-46-15-13-44-11-9-39-26-30(36-37-39)27-40-29(2)24-31(32(40)41)34(3,4)5/h26,28,31H,2,6-25,27H2,1,3-5H3,(H,35,42)/t28-,31?/m1/s1. The number of hydrogen-bond donors (Lipinski definition) is 1. The lowest BCUT2D eigenvalue weighted by molar-refractivity contribution is -0.133. The van der Waals surface area contributed by atoms with Gasteiger partial charge in [-0.25, -0.2) is 9.48 Å². The second kappa shape index (κ2) is 22.9. The van der Waals surface area contributed by atoms with E-state index in [-0.39, 0.29) is 23.3 Å². The maximum Gasteiger partial charge on any atom is 0.317 e. The Morgan fingerprint density at radius 2 is 1.37 bits per heavy atom. The van der Waals surface area contributed by atoms with Gasteiger partial charge in [-0.2, -0.15) is 0 Å². The van der Waals surface area contributed by atoms with Crippen molar-refractivity contribution in [3.05, 3.63) is 24.2 Å². The van der Waals surface area contributed by atoms with Gasteiger partial charge < -0.3 is 48.3 Å². The normalized spacial score (nSPS) is 18.3. The second-order valence-electron chi connectivity index (χ2n) is 13.4. The molecule has 3 heterocycles. The zero-order chi connectivity index (χ0) is 35.3.